The number of rotatable bonds is 4. The zero-order valence-corrected chi connectivity index (χ0v) is 12.6. The number of hydrogen-bond acceptors (Lipinski definition) is 4. The number of aryl methyl sites for hydroxylation is 1. The summed E-state index contributed by atoms with van der Waals surface area (Å²) in [4.78, 5) is 16.5. The highest BCUT2D eigenvalue weighted by atomic mass is 16.3. The molecule has 0 aliphatic carbocycles. The maximum atomic E-state index is 12.3. The van der Waals surface area contributed by atoms with Crippen molar-refractivity contribution in [1.29, 1.82) is 0 Å². The summed E-state index contributed by atoms with van der Waals surface area (Å²) in [7, 11) is 1.79. The first-order chi connectivity index (χ1) is 10.5. The first-order valence-electron chi connectivity index (χ1n) is 6.97. The van der Waals surface area contributed by atoms with Crippen LogP contribution in [0, 0.1) is 0 Å². The maximum absolute atomic E-state index is 12.3. The summed E-state index contributed by atoms with van der Waals surface area (Å²) >= 11 is 0. The van der Waals surface area contributed by atoms with Gasteiger partial charge in [0.05, 0.1) is 18.3 Å². The fourth-order valence-electron chi connectivity index (χ4n) is 2.10. The Morgan fingerprint density at radius 1 is 1.36 bits per heavy atom. The topological polar surface area (TPSA) is 77.9 Å². The lowest BCUT2D eigenvalue weighted by Crippen LogP contribution is -2.12. The van der Waals surface area contributed by atoms with Gasteiger partial charge in [-0.3, -0.25) is 9.48 Å². The number of nitrogens with one attached hydrogen (secondary N) is 1. The molecule has 0 atom stereocenters. The summed E-state index contributed by atoms with van der Waals surface area (Å²) in [6.45, 7) is 4.05. The zero-order valence-electron chi connectivity index (χ0n) is 12.6. The lowest BCUT2D eigenvalue weighted by Gasteiger charge is -2.04. The molecule has 0 aliphatic heterocycles. The molecule has 0 fully saturated rings. The van der Waals surface area contributed by atoms with Crippen molar-refractivity contribution in [2.75, 3.05) is 5.32 Å². The number of hydrogen-bond donors (Lipinski definition) is 1. The molecule has 7 nitrogen and oxygen atoms in total. The van der Waals surface area contributed by atoms with E-state index in [4.69, 9.17) is 4.42 Å². The van der Waals surface area contributed by atoms with Crippen molar-refractivity contribution in [2.45, 2.75) is 19.9 Å². The van der Waals surface area contributed by atoms with Gasteiger partial charge in [0.1, 0.15) is 5.69 Å². The van der Waals surface area contributed by atoms with Crippen molar-refractivity contribution >= 4 is 11.6 Å². The molecule has 0 aromatic carbocycles. The van der Waals surface area contributed by atoms with Crippen molar-refractivity contribution in [2.24, 2.45) is 7.05 Å². The van der Waals surface area contributed by atoms with Crippen LogP contribution >= 0.6 is 0 Å². The number of nitrogens with zero attached hydrogens (tertiary/aromatic N) is 4. The van der Waals surface area contributed by atoms with E-state index in [1.807, 2.05) is 18.4 Å². The molecule has 3 aromatic rings. The molecule has 3 aromatic heterocycles. The highest BCUT2D eigenvalue weighted by Crippen LogP contribution is 2.26. The second-order valence-corrected chi connectivity index (χ2v) is 5.30. The number of imidazole rings is 1. The number of amides is 1. The normalized spacial score (nSPS) is 11.1. The van der Waals surface area contributed by atoms with Gasteiger partial charge in [0.25, 0.3) is 5.91 Å². The third-order valence-corrected chi connectivity index (χ3v) is 3.26. The number of carbonyl (C=O) groups is 1. The van der Waals surface area contributed by atoms with Crippen molar-refractivity contribution in [3.8, 4) is 11.5 Å². The van der Waals surface area contributed by atoms with Crippen LogP contribution in [-0.2, 0) is 7.05 Å². The summed E-state index contributed by atoms with van der Waals surface area (Å²) in [6.07, 6.45) is 6.67. The monoisotopic (exact) mass is 299 g/mol. The van der Waals surface area contributed by atoms with Crippen LogP contribution in [0.15, 0.2) is 41.5 Å². The summed E-state index contributed by atoms with van der Waals surface area (Å²) in [5.74, 6) is 0.323. The van der Waals surface area contributed by atoms with E-state index in [2.05, 4.69) is 15.4 Å². The smallest absolute Gasteiger partial charge is 0.275 e. The van der Waals surface area contributed by atoms with Gasteiger partial charge in [-0.15, -0.1) is 0 Å². The van der Waals surface area contributed by atoms with Crippen molar-refractivity contribution < 1.29 is 9.21 Å². The molecule has 7 heteroatoms. The Balaban J connectivity index is 1.85. The van der Waals surface area contributed by atoms with E-state index in [9.17, 15) is 4.79 Å². The quantitative estimate of drug-likeness (QED) is 0.803. The summed E-state index contributed by atoms with van der Waals surface area (Å²) < 4.78 is 8.86. The van der Waals surface area contributed by atoms with E-state index in [1.165, 1.54) is 0 Å². The van der Waals surface area contributed by atoms with E-state index in [-0.39, 0.29) is 11.9 Å². The Hall–Kier alpha value is -2.83. The Labute approximate surface area is 127 Å². The minimum Gasteiger partial charge on any atom is -0.463 e. The van der Waals surface area contributed by atoms with E-state index >= 15 is 0 Å². The van der Waals surface area contributed by atoms with Gasteiger partial charge < -0.3 is 14.3 Å². The summed E-state index contributed by atoms with van der Waals surface area (Å²) in [6, 6.07) is 3.83. The Morgan fingerprint density at radius 2 is 2.18 bits per heavy atom. The zero-order chi connectivity index (χ0) is 15.7. The highest BCUT2D eigenvalue weighted by Gasteiger charge is 2.17. The minimum absolute atomic E-state index is 0.256. The third kappa shape index (κ3) is 2.65. The fourth-order valence-corrected chi connectivity index (χ4v) is 2.10. The van der Waals surface area contributed by atoms with Crippen LogP contribution in [0.25, 0.3) is 11.5 Å². The molecule has 1 amide bonds. The first kappa shape index (κ1) is 14.1. The third-order valence-electron chi connectivity index (χ3n) is 3.26. The number of anilines is 1. The second kappa shape index (κ2) is 5.51. The van der Waals surface area contributed by atoms with Crippen LogP contribution in [0.3, 0.4) is 0 Å². The van der Waals surface area contributed by atoms with Gasteiger partial charge in [0.15, 0.2) is 11.5 Å². The van der Waals surface area contributed by atoms with Crippen LogP contribution in [0.1, 0.15) is 30.4 Å². The van der Waals surface area contributed by atoms with E-state index in [1.54, 1.807) is 48.8 Å². The molecule has 22 heavy (non-hydrogen) atoms. The van der Waals surface area contributed by atoms with Gasteiger partial charge in [-0.2, -0.15) is 5.10 Å². The van der Waals surface area contributed by atoms with Crippen LogP contribution in [0.5, 0.6) is 0 Å². The molecule has 3 rings (SSSR count). The minimum atomic E-state index is -0.278. The Bertz CT molecular complexity index is 783. The molecule has 0 saturated carbocycles. The molecule has 0 spiro atoms. The molecule has 0 aliphatic rings. The lowest BCUT2D eigenvalue weighted by atomic mass is 10.3. The molecular weight excluding hydrogens is 282 g/mol. The van der Waals surface area contributed by atoms with Crippen molar-refractivity contribution in [3.63, 3.8) is 0 Å². The second-order valence-electron chi connectivity index (χ2n) is 5.30. The fraction of sp³-hybridized carbons (Fsp3) is 0.267. The van der Waals surface area contributed by atoms with E-state index < -0.39 is 0 Å². The average molecular weight is 299 g/mol. The van der Waals surface area contributed by atoms with Crippen molar-refractivity contribution in [3.05, 3.63) is 42.8 Å². The predicted octanol–water partition coefficient (Wildman–Crippen LogP) is 2.71. The van der Waals surface area contributed by atoms with Crippen LogP contribution in [0.4, 0.5) is 5.69 Å². The molecule has 0 saturated heterocycles. The number of aromatic nitrogens is 4. The molecular formula is C15H17N5O2. The van der Waals surface area contributed by atoms with Gasteiger partial charge in [0.2, 0.25) is 0 Å². The predicted molar refractivity (Wildman–Crippen MR) is 81.5 cm³/mol. The molecule has 114 valence electrons. The largest absolute Gasteiger partial charge is 0.463 e. The summed E-state index contributed by atoms with van der Waals surface area (Å²) in [5.41, 5.74) is 1.54. The molecule has 0 bridgehead atoms. The molecule has 3 heterocycles. The van der Waals surface area contributed by atoms with Crippen LogP contribution < -0.4 is 5.32 Å². The van der Waals surface area contributed by atoms with Crippen molar-refractivity contribution in [1.82, 2.24) is 19.3 Å². The summed E-state index contributed by atoms with van der Waals surface area (Å²) in [5, 5.41) is 7.15. The molecule has 1 N–H and O–H groups in total. The van der Waals surface area contributed by atoms with Gasteiger partial charge in [0, 0.05) is 25.5 Å². The van der Waals surface area contributed by atoms with Gasteiger partial charge in [-0.05, 0) is 26.0 Å². The first-order valence-corrected chi connectivity index (χ1v) is 6.97. The van der Waals surface area contributed by atoms with Gasteiger partial charge in [-0.1, -0.05) is 0 Å². The van der Waals surface area contributed by atoms with E-state index in [0.29, 0.717) is 22.8 Å². The standard InChI is InChI=1S/C15H17N5O2/c1-10(2)20-8-12(16-9-20)15(21)17-11-7-19(3)18-14(11)13-5-4-6-22-13/h4-10H,1-3H3,(H,17,21). The number of carbonyl (C=O) groups excluding carboxylic acids is 1. The molecule has 0 unspecified atom stereocenters. The Kier molecular flexibility index (Phi) is 3.54. The van der Waals surface area contributed by atoms with Crippen LogP contribution in [-0.4, -0.2) is 25.2 Å². The Morgan fingerprint density at radius 3 is 2.82 bits per heavy atom. The maximum Gasteiger partial charge on any atom is 0.275 e. The van der Waals surface area contributed by atoms with E-state index in [0.717, 1.165) is 0 Å². The SMILES string of the molecule is CC(C)n1cnc(C(=O)Nc2cn(C)nc2-c2ccco2)c1. The average Bonchev–Trinajstić information content (AvgIpc) is 3.18. The van der Waals surface area contributed by atoms with Gasteiger partial charge in [-0.25, -0.2) is 4.98 Å². The van der Waals surface area contributed by atoms with Gasteiger partial charge >= 0.3 is 0 Å². The number of furan rings is 1. The molecule has 0 radical (unpaired) electrons. The highest BCUT2D eigenvalue weighted by molar-refractivity contribution is 6.04. The van der Waals surface area contributed by atoms with Crippen LogP contribution in [0.2, 0.25) is 0 Å². The lowest BCUT2D eigenvalue weighted by molar-refractivity contribution is 0.102.